The first-order valence-corrected chi connectivity index (χ1v) is 28.7. The Kier molecular flexibility index (Phi) is 22.9. The number of phenols is 1. The van der Waals surface area contributed by atoms with Crippen molar-refractivity contribution in [2.24, 2.45) is 5.73 Å². The lowest BCUT2D eigenvalue weighted by Crippen LogP contribution is -2.61. The molecule has 0 saturated carbocycles. The SMILES string of the molecule is CCCCCOc1ccc(-c2ccc(-c3ccc(C(=O)N[C@@H]4C/C=C/C[C@@H](C(=O)OC)NC(=O)[C@@H]5C[C@@H](O)CN5C(=O)[C@H](CCCN)NC(=O)[C@H](CCc5ccc(O)cc5)NC(=O)[C@@H]5C[C@@H](O)CN5C(=O)[C@H]([C@@H](C)O)NC4=O)cc3)cc2)cc1. The van der Waals surface area contributed by atoms with Crippen LogP contribution in [-0.2, 0) is 44.7 Å². The average molecular weight is 1160 g/mol. The maximum atomic E-state index is 14.6. The first kappa shape index (κ1) is 63.4. The monoisotopic (exact) mass is 1160 g/mol. The highest BCUT2D eigenvalue weighted by Gasteiger charge is 2.46. The molecule has 0 bridgehead atoms. The number of nitrogens with zero attached hydrogens (tertiary/aromatic N) is 2. The Morgan fingerprint density at radius 3 is 1.79 bits per heavy atom. The number of aromatic hydroxyl groups is 1. The fraction of sp³-hybridized carbons (Fsp3) is 0.452. The van der Waals surface area contributed by atoms with Crippen molar-refractivity contribution in [2.75, 3.05) is 33.4 Å². The standard InChI is InChI=1S/C62H78N8O14/c1-4-5-8-32-84-47-28-24-42(25-29-47)40-18-16-39(17-19-40)41-20-22-43(23-21-41)55(75)64-48-10-6-7-11-51(62(82)83-3)67-59(79)52-33-45(73)35-69(52)60(80)50(12-9-31-63)66-56(76)49(30-15-38-13-26-44(72)27-14-38)65-58(78)53-34-46(74)36-70(53)61(81)54(37(2)71)68-57(48)77/h6-7,13-14,16-29,37,45-46,48-54,71-74H,4-5,8-12,15,30-36,63H2,1-3H3,(H,64,75)(H,65,78)(H,66,76)(H,67,79)(H,68,77)/b7-6+/t37-,45-,46-,48-,49+,50+,51+,52+,53+,54+/m1/s1. The number of aryl methyl sites for hydroxylation is 1. The first-order chi connectivity index (χ1) is 40.4. The lowest BCUT2D eigenvalue weighted by atomic mass is 9.99. The number of hydrogen-bond acceptors (Lipinski definition) is 15. The van der Waals surface area contributed by atoms with Crippen molar-refractivity contribution in [1.82, 2.24) is 36.4 Å². The number of esters is 1. The molecular weight excluding hydrogens is 1080 g/mol. The summed E-state index contributed by atoms with van der Waals surface area (Å²) in [5.41, 5.74) is 10.4. The van der Waals surface area contributed by atoms with E-state index in [4.69, 9.17) is 15.2 Å². The number of ether oxygens (including phenoxy) is 2. The molecule has 0 aliphatic carbocycles. The fourth-order valence-electron chi connectivity index (χ4n) is 10.5. The van der Waals surface area contributed by atoms with Crippen molar-refractivity contribution in [1.29, 1.82) is 0 Å². The molecule has 0 unspecified atom stereocenters. The number of unbranched alkanes of at least 4 members (excludes halogenated alkanes) is 2. The number of aliphatic hydroxyl groups excluding tert-OH is 3. The predicted molar refractivity (Wildman–Crippen MR) is 310 cm³/mol. The molecule has 22 heteroatoms. The molecule has 3 aliphatic heterocycles. The number of phenolic OH excluding ortho intramolecular Hbond substituents is 1. The molecule has 0 radical (unpaired) electrons. The Hall–Kier alpha value is -8.18. The number of aliphatic hydroxyl groups is 3. The maximum Gasteiger partial charge on any atom is 0.328 e. The molecule has 4 aromatic carbocycles. The van der Waals surface area contributed by atoms with Gasteiger partial charge in [-0.2, -0.15) is 0 Å². The van der Waals surface area contributed by atoms with Crippen LogP contribution in [0, 0.1) is 0 Å². The molecule has 450 valence electrons. The summed E-state index contributed by atoms with van der Waals surface area (Å²) in [6, 6.07) is 18.6. The van der Waals surface area contributed by atoms with Crippen LogP contribution in [0.1, 0.15) is 94.0 Å². The maximum absolute atomic E-state index is 14.6. The van der Waals surface area contributed by atoms with Gasteiger partial charge in [-0.05, 0) is 123 Å². The van der Waals surface area contributed by atoms with Crippen molar-refractivity contribution >= 4 is 47.3 Å². The molecule has 84 heavy (non-hydrogen) atoms. The molecular formula is C62H78N8O14. The number of fused-ring (bicyclic) bond motifs is 2. The quantitative estimate of drug-likeness (QED) is 0.0413. The lowest BCUT2D eigenvalue weighted by molar-refractivity contribution is -0.147. The van der Waals surface area contributed by atoms with Crippen LogP contribution in [-0.4, -0.2) is 172 Å². The molecule has 7 amide bonds. The largest absolute Gasteiger partial charge is 0.508 e. The first-order valence-electron chi connectivity index (χ1n) is 28.7. The highest BCUT2D eigenvalue weighted by molar-refractivity contribution is 6.00. The fourth-order valence-corrected chi connectivity index (χ4v) is 10.5. The van der Waals surface area contributed by atoms with E-state index in [1.54, 1.807) is 36.4 Å². The van der Waals surface area contributed by atoms with Gasteiger partial charge in [-0.1, -0.05) is 92.6 Å². The zero-order valence-electron chi connectivity index (χ0n) is 47.6. The van der Waals surface area contributed by atoms with Gasteiger partial charge in [0.1, 0.15) is 53.8 Å². The highest BCUT2D eigenvalue weighted by atomic mass is 16.5. The van der Waals surface area contributed by atoms with E-state index in [0.717, 1.165) is 64.2 Å². The minimum Gasteiger partial charge on any atom is -0.508 e. The van der Waals surface area contributed by atoms with E-state index in [-0.39, 0.29) is 75.8 Å². The number of amides is 7. The zero-order chi connectivity index (χ0) is 60.5. The number of methoxy groups -OCH3 is 1. The topological polar surface area (TPSA) is 329 Å². The van der Waals surface area contributed by atoms with Gasteiger partial charge in [0.2, 0.25) is 35.4 Å². The van der Waals surface area contributed by atoms with Gasteiger partial charge in [0.15, 0.2) is 0 Å². The van der Waals surface area contributed by atoms with E-state index in [0.29, 0.717) is 12.2 Å². The summed E-state index contributed by atoms with van der Waals surface area (Å²) in [6.45, 7) is 3.44. The molecule has 11 N–H and O–H groups in total. The average Bonchev–Trinajstić information content (AvgIpc) is 4.25. The Labute approximate surface area is 488 Å². The van der Waals surface area contributed by atoms with Crippen LogP contribution in [0.4, 0.5) is 0 Å². The lowest BCUT2D eigenvalue weighted by Gasteiger charge is -2.32. The zero-order valence-corrected chi connectivity index (χ0v) is 47.6. The number of nitrogens with two attached hydrogens (primary N) is 1. The van der Waals surface area contributed by atoms with E-state index >= 15 is 0 Å². The van der Waals surface area contributed by atoms with Crippen LogP contribution < -0.4 is 37.1 Å². The van der Waals surface area contributed by atoms with Crippen molar-refractivity contribution in [2.45, 2.75) is 145 Å². The third-order valence-corrected chi connectivity index (χ3v) is 15.3. The predicted octanol–water partition coefficient (Wildman–Crippen LogP) is 2.53. The Balaban J connectivity index is 1.16. The molecule has 0 spiro atoms. The summed E-state index contributed by atoms with van der Waals surface area (Å²) in [5, 5.41) is 56.2. The van der Waals surface area contributed by atoms with Gasteiger partial charge in [0, 0.05) is 31.5 Å². The van der Waals surface area contributed by atoms with Gasteiger partial charge in [-0.15, -0.1) is 0 Å². The summed E-state index contributed by atoms with van der Waals surface area (Å²) >= 11 is 0. The molecule has 10 atom stereocenters. The number of hydrogen-bond donors (Lipinski definition) is 10. The van der Waals surface area contributed by atoms with Gasteiger partial charge in [0.05, 0.1) is 32.0 Å². The number of carbonyl (C=O) groups excluding carboxylic acids is 8. The van der Waals surface area contributed by atoms with E-state index in [1.165, 1.54) is 31.2 Å². The van der Waals surface area contributed by atoms with Gasteiger partial charge in [0.25, 0.3) is 5.91 Å². The Morgan fingerprint density at radius 1 is 0.667 bits per heavy atom. The summed E-state index contributed by atoms with van der Waals surface area (Å²) in [5.74, 6) is -5.95. The normalized spacial score (nSPS) is 24.6. The van der Waals surface area contributed by atoms with E-state index in [9.17, 15) is 58.8 Å². The van der Waals surface area contributed by atoms with E-state index in [1.807, 2.05) is 48.5 Å². The smallest absolute Gasteiger partial charge is 0.328 e. The summed E-state index contributed by atoms with van der Waals surface area (Å²) in [4.78, 5) is 116. The molecule has 22 nitrogen and oxygen atoms in total. The Bertz CT molecular complexity index is 2940. The Morgan fingerprint density at radius 2 is 1.21 bits per heavy atom. The molecule has 3 aliphatic rings. The number of benzene rings is 4. The van der Waals surface area contributed by atoms with Crippen LogP contribution in [0.3, 0.4) is 0 Å². The molecule has 2 fully saturated rings. The van der Waals surface area contributed by atoms with Gasteiger partial charge in [-0.25, -0.2) is 4.79 Å². The van der Waals surface area contributed by atoms with Crippen LogP contribution in [0.2, 0.25) is 0 Å². The van der Waals surface area contributed by atoms with Crippen molar-refractivity contribution < 1.29 is 68.3 Å². The second-order valence-electron chi connectivity index (χ2n) is 21.6. The third kappa shape index (κ3) is 17.0. The van der Waals surface area contributed by atoms with Crippen LogP contribution in [0.15, 0.2) is 109 Å². The summed E-state index contributed by atoms with van der Waals surface area (Å²) in [6.07, 6.45) is 1.39. The number of carbonyl (C=O) groups is 8. The number of nitrogens with one attached hydrogen (secondary N) is 5. The molecule has 7 rings (SSSR count). The number of rotatable bonds is 17. The second-order valence-corrected chi connectivity index (χ2v) is 21.6. The molecule has 3 heterocycles. The molecule has 0 aromatic heterocycles. The van der Waals surface area contributed by atoms with E-state index in [2.05, 4.69) is 33.5 Å². The summed E-state index contributed by atoms with van der Waals surface area (Å²) < 4.78 is 10.9. The van der Waals surface area contributed by atoms with Crippen molar-refractivity contribution in [3.05, 3.63) is 120 Å². The highest BCUT2D eigenvalue weighted by Crippen LogP contribution is 2.28. The van der Waals surface area contributed by atoms with Crippen LogP contribution >= 0.6 is 0 Å². The minimum atomic E-state index is -1.74. The van der Waals surface area contributed by atoms with Crippen molar-refractivity contribution in [3.63, 3.8) is 0 Å². The van der Waals surface area contributed by atoms with Gasteiger partial charge >= 0.3 is 5.97 Å². The molecule has 4 aromatic rings. The minimum absolute atomic E-state index is 0.00889. The van der Waals surface area contributed by atoms with E-state index < -0.39 is 114 Å². The van der Waals surface area contributed by atoms with Gasteiger partial charge in [-0.3, -0.25) is 33.6 Å². The van der Waals surface area contributed by atoms with Crippen LogP contribution in [0.25, 0.3) is 22.3 Å². The van der Waals surface area contributed by atoms with Crippen molar-refractivity contribution in [3.8, 4) is 33.8 Å². The molecule has 2 saturated heterocycles. The third-order valence-electron chi connectivity index (χ3n) is 15.3. The van der Waals surface area contributed by atoms with Gasteiger partial charge < -0.3 is 72.0 Å². The second kappa shape index (κ2) is 30.4. The van der Waals surface area contributed by atoms with Crippen LogP contribution in [0.5, 0.6) is 11.5 Å². The summed E-state index contributed by atoms with van der Waals surface area (Å²) in [7, 11) is 1.11.